The van der Waals surface area contributed by atoms with Crippen molar-refractivity contribution in [2.75, 3.05) is 12.2 Å². The summed E-state index contributed by atoms with van der Waals surface area (Å²) in [7, 11) is -5.41. The third-order valence-corrected chi connectivity index (χ3v) is 11.1. The summed E-state index contributed by atoms with van der Waals surface area (Å²) < 4.78 is 61.9. The first kappa shape index (κ1) is 22.3. The van der Waals surface area contributed by atoms with Gasteiger partial charge in [0.15, 0.2) is 0 Å². The predicted octanol–water partition coefficient (Wildman–Crippen LogP) is 2.37. The van der Waals surface area contributed by atoms with Gasteiger partial charge in [0, 0.05) is 15.7 Å². The Kier molecular flexibility index (Phi) is 6.27. The molecule has 0 aliphatic heterocycles. The number of hydrogen-bond acceptors (Lipinski definition) is 6. The maximum atomic E-state index is 12.5. The molecule has 0 heterocycles. The molecule has 11 atom stereocenters. The number of carbonyl (C=O) groups is 1. The van der Waals surface area contributed by atoms with Crippen molar-refractivity contribution in [1.29, 1.82) is 0 Å². The van der Waals surface area contributed by atoms with Crippen molar-refractivity contribution in [3.05, 3.63) is 0 Å². The summed E-state index contributed by atoms with van der Waals surface area (Å²) in [6.45, 7) is 3.20. The van der Waals surface area contributed by atoms with Crippen LogP contribution in [-0.2, 0) is 14.9 Å². The van der Waals surface area contributed by atoms with Crippen molar-refractivity contribution in [2.45, 2.75) is 96.9 Å². The molecule has 4 rings (SSSR count). The molecule has 0 bridgehead atoms. The van der Waals surface area contributed by atoms with Crippen LogP contribution in [-0.4, -0.2) is 64.7 Å². The third kappa shape index (κ3) is 5.05. The second-order valence-corrected chi connectivity index (χ2v) is 13.5. The van der Waals surface area contributed by atoms with Crippen LogP contribution in [0.1, 0.15) is 84.0 Å². The second kappa shape index (κ2) is 9.86. The normalized spacial score (nSPS) is 48.8. The Balaban J connectivity index is 1.44. The fraction of sp³-hybridized carbons (Fsp3) is 0.962. The van der Waals surface area contributed by atoms with Crippen LogP contribution in [0.25, 0.3) is 0 Å². The minimum absolute atomic E-state index is 0.0364. The molecule has 0 aromatic rings. The first-order valence-electron chi connectivity index (χ1n) is 15.1. The molecule has 35 heavy (non-hydrogen) atoms. The van der Waals surface area contributed by atoms with E-state index in [9.17, 15) is 28.5 Å². The maximum Gasteiger partial charge on any atom is 0.266 e. The van der Waals surface area contributed by atoms with Crippen LogP contribution >= 0.6 is 0 Å². The van der Waals surface area contributed by atoms with Gasteiger partial charge in [-0.1, -0.05) is 20.8 Å². The molecule has 0 spiro atoms. The summed E-state index contributed by atoms with van der Waals surface area (Å²) in [6.07, 6.45) is 3.88. The molecule has 0 aromatic carbocycles. The molecule has 8 nitrogen and oxygen atoms in total. The SMILES string of the molecule is [2H]C([2H])(NC(=O)CC[C@@H](C)[C@H]1CC[C@H]2[C@@H]3[C@@H](O)[C@@H](O)[C@@H]4C[C@H](O)CC[C@]4(C)[C@H]3CC[C@]12C)C([2H])([2H])S(=O)(=O)O. The largest absolute Gasteiger partial charge is 0.393 e. The van der Waals surface area contributed by atoms with E-state index < -0.39 is 46.5 Å². The molecule has 0 aromatic heterocycles. The average Bonchev–Trinajstić information content (AvgIpc) is 3.18. The van der Waals surface area contributed by atoms with E-state index in [4.69, 9.17) is 10.0 Å². The molecule has 0 radical (unpaired) electrons. The molecule has 4 fully saturated rings. The zero-order valence-corrected chi connectivity index (χ0v) is 21.8. The van der Waals surface area contributed by atoms with E-state index in [1.54, 1.807) is 5.32 Å². The van der Waals surface area contributed by atoms with Crippen molar-refractivity contribution in [1.82, 2.24) is 5.32 Å². The molecular weight excluding hydrogens is 470 g/mol. The van der Waals surface area contributed by atoms with Crippen molar-refractivity contribution in [2.24, 2.45) is 46.3 Å². The van der Waals surface area contributed by atoms with Gasteiger partial charge in [0.05, 0.1) is 26.8 Å². The number of aliphatic hydroxyl groups is 3. The van der Waals surface area contributed by atoms with Gasteiger partial charge in [-0.05, 0) is 97.7 Å². The van der Waals surface area contributed by atoms with Crippen LogP contribution in [0.15, 0.2) is 0 Å². The Morgan fingerprint density at radius 2 is 1.69 bits per heavy atom. The van der Waals surface area contributed by atoms with Crippen LogP contribution in [0.2, 0.25) is 0 Å². The molecule has 0 saturated heterocycles. The lowest BCUT2D eigenvalue weighted by Gasteiger charge is -2.63. The highest BCUT2D eigenvalue weighted by molar-refractivity contribution is 7.85. The van der Waals surface area contributed by atoms with E-state index in [0.717, 1.165) is 32.1 Å². The minimum Gasteiger partial charge on any atom is -0.393 e. The molecule has 5 N–H and O–H groups in total. The molecule has 0 unspecified atom stereocenters. The quantitative estimate of drug-likeness (QED) is 0.325. The molecule has 9 heteroatoms. The summed E-state index contributed by atoms with van der Waals surface area (Å²) in [6, 6.07) is 0. The van der Waals surface area contributed by atoms with Crippen LogP contribution in [0.5, 0.6) is 0 Å². The number of amides is 1. The maximum absolute atomic E-state index is 12.5. The molecule has 4 saturated carbocycles. The van der Waals surface area contributed by atoms with Gasteiger partial charge in [-0.2, -0.15) is 8.42 Å². The zero-order valence-electron chi connectivity index (χ0n) is 25.0. The summed E-state index contributed by atoms with van der Waals surface area (Å²) in [5.74, 6) is -0.220. The van der Waals surface area contributed by atoms with Crippen LogP contribution < -0.4 is 5.32 Å². The smallest absolute Gasteiger partial charge is 0.266 e. The van der Waals surface area contributed by atoms with Gasteiger partial charge in [0.1, 0.15) is 0 Å². The fourth-order valence-corrected chi connectivity index (χ4v) is 9.18. The standard InChI is InChI=1S/C26H45NO7S/c1-15(4-7-21(29)27-12-13-35(32,33)34)17-5-6-18-22-19(9-11-25(17,18)2)26(3)10-8-16(28)14-20(26)23(30)24(22)31/h15-20,22-24,28,30-31H,4-14H2,1-3H3,(H,27,29)(H,32,33,34)/t15-,16-,17-,18+,19+,20+,22+,23+,24-,25-,26-/m1/s1/i12D2,13D2. The summed E-state index contributed by atoms with van der Waals surface area (Å²) in [5, 5.41) is 34.7. The Hall–Kier alpha value is -0.740. The van der Waals surface area contributed by atoms with Crippen LogP contribution in [0.4, 0.5) is 0 Å². The van der Waals surface area contributed by atoms with Gasteiger partial charge in [-0.15, -0.1) is 0 Å². The van der Waals surface area contributed by atoms with Gasteiger partial charge in [0.25, 0.3) is 10.1 Å². The third-order valence-electron chi connectivity index (χ3n) is 10.7. The highest BCUT2D eigenvalue weighted by atomic mass is 32.2. The second-order valence-electron chi connectivity index (χ2n) is 12.3. The van der Waals surface area contributed by atoms with Crippen LogP contribution in [0, 0.1) is 46.3 Å². The number of aliphatic hydroxyl groups excluding tert-OH is 3. The monoisotopic (exact) mass is 519 g/mol. The van der Waals surface area contributed by atoms with Crippen molar-refractivity contribution in [3.63, 3.8) is 0 Å². The Bertz CT molecular complexity index is 1060. The summed E-state index contributed by atoms with van der Waals surface area (Å²) >= 11 is 0. The Morgan fingerprint density at radius 1 is 1.03 bits per heavy atom. The fourth-order valence-electron chi connectivity index (χ4n) is 9.00. The Labute approximate surface area is 215 Å². The highest BCUT2D eigenvalue weighted by Gasteiger charge is 2.65. The van der Waals surface area contributed by atoms with Gasteiger partial charge >= 0.3 is 0 Å². The van der Waals surface area contributed by atoms with Gasteiger partial charge < -0.3 is 20.6 Å². The predicted molar refractivity (Wildman–Crippen MR) is 132 cm³/mol. The van der Waals surface area contributed by atoms with E-state index in [2.05, 4.69) is 13.8 Å². The lowest BCUT2D eigenvalue weighted by Crippen LogP contribution is -2.64. The first-order valence-corrected chi connectivity index (χ1v) is 14.5. The van der Waals surface area contributed by atoms with E-state index in [-0.39, 0.29) is 52.8 Å². The highest BCUT2D eigenvalue weighted by Crippen LogP contribution is 2.68. The van der Waals surface area contributed by atoms with Gasteiger partial charge in [-0.25, -0.2) is 0 Å². The minimum atomic E-state index is -5.41. The lowest BCUT2D eigenvalue weighted by molar-refractivity contribution is -0.223. The molecule has 202 valence electrons. The van der Waals surface area contributed by atoms with Crippen molar-refractivity contribution < 1.29 is 38.6 Å². The van der Waals surface area contributed by atoms with Crippen LogP contribution in [0.3, 0.4) is 0 Å². The number of hydrogen-bond donors (Lipinski definition) is 5. The van der Waals surface area contributed by atoms with E-state index in [1.807, 2.05) is 6.92 Å². The molecule has 1 amide bonds. The topological polar surface area (TPSA) is 144 Å². The molecular formula is C26H45NO7S. The summed E-state index contributed by atoms with van der Waals surface area (Å²) in [5.41, 5.74) is -3.94. The van der Waals surface area contributed by atoms with Crippen molar-refractivity contribution in [3.8, 4) is 0 Å². The first-order chi connectivity index (χ1) is 17.8. The summed E-state index contributed by atoms with van der Waals surface area (Å²) in [4.78, 5) is 12.5. The van der Waals surface area contributed by atoms with Gasteiger partial charge in [0.2, 0.25) is 5.91 Å². The number of rotatable bonds is 7. The van der Waals surface area contributed by atoms with Crippen molar-refractivity contribution >= 4 is 16.0 Å². The van der Waals surface area contributed by atoms with E-state index in [0.29, 0.717) is 19.3 Å². The Morgan fingerprint density at radius 3 is 2.37 bits per heavy atom. The molecule has 4 aliphatic rings. The van der Waals surface area contributed by atoms with E-state index in [1.165, 1.54) is 0 Å². The number of nitrogens with one attached hydrogen (secondary N) is 1. The van der Waals surface area contributed by atoms with Gasteiger partial charge in [-0.3, -0.25) is 9.35 Å². The average molecular weight is 520 g/mol. The van der Waals surface area contributed by atoms with E-state index >= 15 is 0 Å². The molecule has 4 aliphatic carbocycles. The number of fused-ring (bicyclic) bond motifs is 5. The zero-order chi connectivity index (χ0) is 29.3. The lowest BCUT2D eigenvalue weighted by atomic mass is 9.43. The number of carbonyl (C=O) groups excluding carboxylic acids is 1.